The Labute approximate surface area is 113 Å². The second-order valence-corrected chi connectivity index (χ2v) is 4.65. The van der Waals surface area contributed by atoms with Crippen LogP contribution in [-0.2, 0) is 0 Å². The fraction of sp³-hybridized carbons (Fsp3) is 0.0667. The minimum absolute atomic E-state index is 0.0443. The summed E-state index contributed by atoms with van der Waals surface area (Å²) in [6, 6.07) is 5.32. The number of hydrogen-bond donors (Lipinski definition) is 3. The molecule has 0 atom stereocenters. The van der Waals surface area contributed by atoms with Crippen LogP contribution in [0.15, 0.2) is 24.3 Å². The van der Waals surface area contributed by atoms with E-state index in [0.29, 0.717) is 0 Å². The first-order valence-electron chi connectivity index (χ1n) is 5.90. The Hall–Kier alpha value is -2.82. The number of aromatic hydroxyl groups is 3. The van der Waals surface area contributed by atoms with Crippen LogP contribution in [-0.4, -0.2) is 26.9 Å². The third-order valence-electron chi connectivity index (χ3n) is 3.51. The molecular formula is C15H10O5. The first-order chi connectivity index (χ1) is 9.43. The number of carbonyl (C=O) groups is 2. The van der Waals surface area contributed by atoms with Crippen molar-refractivity contribution in [2.24, 2.45) is 0 Å². The molecule has 0 bridgehead atoms. The first kappa shape index (κ1) is 12.2. The van der Waals surface area contributed by atoms with Crippen molar-refractivity contribution < 1.29 is 24.9 Å². The van der Waals surface area contributed by atoms with Gasteiger partial charge in [-0.1, -0.05) is 12.1 Å². The SMILES string of the molecule is Cc1c(O)cc2c(c1O)C(=O)c1cccc(O)c1C2=O. The Balaban J connectivity index is 2.41. The maximum Gasteiger partial charge on any atom is 0.198 e. The van der Waals surface area contributed by atoms with Gasteiger partial charge in [0.1, 0.15) is 17.2 Å². The zero-order valence-electron chi connectivity index (χ0n) is 10.5. The van der Waals surface area contributed by atoms with E-state index < -0.39 is 17.3 Å². The summed E-state index contributed by atoms with van der Waals surface area (Å²) in [6.45, 7) is 1.45. The van der Waals surface area contributed by atoms with Gasteiger partial charge in [-0.25, -0.2) is 0 Å². The molecule has 100 valence electrons. The number of phenolic OH excluding ortho intramolecular Hbond substituents is 3. The van der Waals surface area contributed by atoms with Crippen LogP contribution in [0.4, 0.5) is 0 Å². The molecule has 0 aliphatic heterocycles. The van der Waals surface area contributed by atoms with E-state index in [2.05, 4.69) is 0 Å². The van der Waals surface area contributed by atoms with Gasteiger partial charge in [0.2, 0.25) is 0 Å². The molecule has 1 aliphatic carbocycles. The van der Waals surface area contributed by atoms with Gasteiger partial charge in [-0.15, -0.1) is 0 Å². The predicted molar refractivity (Wildman–Crippen MR) is 69.5 cm³/mol. The molecular weight excluding hydrogens is 260 g/mol. The number of ketones is 2. The lowest BCUT2D eigenvalue weighted by molar-refractivity contribution is 0.0974. The van der Waals surface area contributed by atoms with E-state index in [4.69, 9.17) is 0 Å². The van der Waals surface area contributed by atoms with Crippen LogP contribution >= 0.6 is 0 Å². The zero-order valence-corrected chi connectivity index (χ0v) is 10.5. The van der Waals surface area contributed by atoms with Gasteiger partial charge in [0.25, 0.3) is 0 Å². The van der Waals surface area contributed by atoms with Gasteiger partial charge in [0, 0.05) is 16.7 Å². The van der Waals surface area contributed by atoms with E-state index in [-0.39, 0.29) is 39.3 Å². The predicted octanol–water partition coefficient (Wildman–Crippen LogP) is 1.89. The number of hydrogen-bond acceptors (Lipinski definition) is 5. The highest BCUT2D eigenvalue weighted by atomic mass is 16.3. The quantitative estimate of drug-likeness (QED) is 0.579. The van der Waals surface area contributed by atoms with Crippen LogP contribution in [0.25, 0.3) is 0 Å². The minimum atomic E-state index is -0.599. The van der Waals surface area contributed by atoms with Crippen LogP contribution in [0.5, 0.6) is 17.2 Å². The number of fused-ring (bicyclic) bond motifs is 2. The van der Waals surface area contributed by atoms with E-state index in [1.54, 1.807) is 0 Å². The van der Waals surface area contributed by atoms with Crippen LogP contribution in [0, 0.1) is 6.92 Å². The second kappa shape index (κ2) is 3.84. The van der Waals surface area contributed by atoms with Crippen LogP contribution in [0.3, 0.4) is 0 Å². The Morgan fingerprint density at radius 1 is 0.850 bits per heavy atom. The number of rotatable bonds is 0. The molecule has 0 unspecified atom stereocenters. The van der Waals surface area contributed by atoms with Crippen molar-refractivity contribution in [3.05, 3.63) is 52.1 Å². The molecule has 2 aromatic carbocycles. The maximum absolute atomic E-state index is 12.4. The Morgan fingerprint density at radius 2 is 1.50 bits per heavy atom. The summed E-state index contributed by atoms with van der Waals surface area (Å²) in [7, 11) is 0. The molecule has 3 rings (SSSR count). The highest BCUT2D eigenvalue weighted by Gasteiger charge is 2.35. The third-order valence-corrected chi connectivity index (χ3v) is 3.51. The molecule has 0 aromatic heterocycles. The van der Waals surface area contributed by atoms with Gasteiger partial charge >= 0.3 is 0 Å². The smallest absolute Gasteiger partial charge is 0.198 e. The van der Waals surface area contributed by atoms with Crippen molar-refractivity contribution in [3.63, 3.8) is 0 Å². The summed E-state index contributed by atoms with van der Waals surface area (Å²) in [4.78, 5) is 24.7. The Kier molecular flexibility index (Phi) is 2.34. The van der Waals surface area contributed by atoms with Gasteiger partial charge in [-0.05, 0) is 19.1 Å². The molecule has 0 saturated carbocycles. The summed E-state index contributed by atoms with van der Waals surface area (Å²) < 4.78 is 0. The molecule has 1 aliphatic rings. The van der Waals surface area contributed by atoms with E-state index >= 15 is 0 Å². The molecule has 0 heterocycles. The van der Waals surface area contributed by atoms with Crippen molar-refractivity contribution >= 4 is 11.6 Å². The van der Waals surface area contributed by atoms with Crippen LogP contribution in [0.1, 0.15) is 37.4 Å². The second-order valence-electron chi connectivity index (χ2n) is 4.65. The lowest BCUT2D eigenvalue weighted by atomic mass is 9.82. The zero-order chi connectivity index (χ0) is 14.6. The fourth-order valence-electron chi connectivity index (χ4n) is 2.40. The molecule has 0 fully saturated rings. The summed E-state index contributed by atoms with van der Waals surface area (Å²) in [5.74, 6) is -2.14. The van der Waals surface area contributed by atoms with Crippen molar-refractivity contribution in [3.8, 4) is 17.2 Å². The Morgan fingerprint density at radius 3 is 2.20 bits per heavy atom. The maximum atomic E-state index is 12.4. The molecule has 5 nitrogen and oxygen atoms in total. The van der Waals surface area contributed by atoms with Crippen molar-refractivity contribution in [2.75, 3.05) is 0 Å². The molecule has 3 N–H and O–H groups in total. The van der Waals surface area contributed by atoms with Gasteiger partial charge < -0.3 is 15.3 Å². The normalized spacial score (nSPS) is 13.1. The molecule has 20 heavy (non-hydrogen) atoms. The molecule has 0 spiro atoms. The summed E-state index contributed by atoms with van der Waals surface area (Å²) in [5, 5.41) is 29.5. The van der Waals surface area contributed by atoms with Crippen LogP contribution in [0.2, 0.25) is 0 Å². The lowest BCUT2D eigenvalue weighted by Gasteiger charge is -2.20. The van der Waals surface area contributed by atoms with E-state index in [9.17, 15) is 24.9 Å². The molecule has 2 aromatic rings. The average Bonchev–Trinajstić information content (AvgIpc) is 2.41. The van der Waals surface area contributed by atoms with Gasteiger partial charge in [0.15, 0.2) is 11.6 Å². The highest BCUT2D eigenvalue weighted by molar-refractivity contribution is 6.30. The Bertz CT molecular complexity index is 787. The largest absolute Gasteiger partial charge is 0.508 e. The van der Waals surface area contributed by atoms with Gasteiger partial charge in [-0.2, -0.15) is 0 Å². The standard InChI is InChI=1S/C15H10O5/c1-6-10(17)5-8-12(13(6)18)14(19)7-3-2-4-9(16)11(7)15(8)20/h2-5,16-18H,1H3. The van der Waals surface area contributed by atoms with Crippen molar-refractivity contribution in [2.45, 2.75) is 6.92 Å². The molecule has 0 saturated heterocycles. The topological polar surface area (TPSA) is 94.8 Å². The van der Waals surface area contributed by atoms with E-state index in [1.165, 1.54) is 25.1 Å². The van der Waals surface area contributed by atoms with Crippen LogP contribution < -0.4 is 0 Å². The third kappa shape index (κ3) is 1.37. The van der Waals surface area contributed by atoms with Gasteiger partial charge in [0.05, 0.1) is 11.1 Å². The monoisotopic (exact) mass is 270 g/mol. The summed E-state index contributed by atoms with van der Waals surface area (Å²) >= 11 is 0. The molecule has 0 amide bonds. The number of benzene rings is 2. The molecule has 0 radical (unpaired) electrons. The fourth-order valence-corrected chi connectivity index (χ4v) is 2.40. The first-order valence-corrected chi connectivity index (χ1v) is 5.90. The highest BCUT2D eigenvalue weighted by Crippen LogP contribution is 2.40. The number of carbonyl (C=O) groups excluding carboxylic acids is 2. The number of phenols is 3. The molecule has 5 heteroatoms. The van der Waals surface area contributed by atoms with Gasteiger partial charge in [-0.3, -0.25) is 9.59 Å². The minimum Gasteiger partial charge on any atom is -0.508 e. The van der Waals surface area contributed by atoms with E-state index in [1.807, 2.05) is 0 Å². The van der Waals surface area contributed by atoms with Crippen molar-refractivity contribution in [1.82, 2.24) is 0 Å². The van der Waals surface area contributed by atoms with E-state index in [0.717, 1.165) is 6.07 Å². The van der Waals surface area contributed by atoms with Crippen molar-refractivity contribution in [1.29, 1.82) is 0 Å². The lowest BCUT2D eigenvalue weighted by Crippen LogP contribution is -2.21. The summed E-state index contributed by atoms with van der Waals surface area (Å²) in [5.41, 5.74) is -0.169. The average molecular weight is 270 g/mol. The summed E-state index contributed by atoms with van der Waals surface area (Å²) in [6.07, 6.45) is 0.